The molecule has 0 fully saturated rings. The number of nitrogens with one attached hydrogen (secondary N) is 1. The smallest absolute Gasteiger partial charge is 0.159 e. The lowest BCUT2D eigenvalue weighted by molar-refractivity contribution is 0.269. The third-order valence-electron chi connectivity index (χ3n) is 13.2. The van der Waals surface area contributed by atoms with Gasteiger partial charge in [0.05, 0.1) is 11.0 Å². The molecule has 2 aliphatic heterocycles. The first-order chi connectivity index (χ1) is 31.7. The van der Waals surface area contributed by atoms with E-state index >= 15 is 0 Å². The molecule has 0 radical (unpaired) electrons. The van der Waals surface area contributed by atoms with Crippen LogP contribution in [0.4, 0.5) is 0 Å². The van der Waals surface area contributed by atoms with Gasteiger partial charge in [0, 0.05) is 81.6 Å². The van der Waals surface area contributed by atoms with Gasteiger partial charge in [-0.05, 0) is 65.7 Å². The fraction of sp³-hybridized carbons (Fsp3) is 0.0526. The standard InChI is InChI=1S/C57H36N4O2S/c1-2-13-33(14-3-1)55-58-56(42-19-11-25-48-53(42)39-17-6-9-23-46(39)62-48)60-57(59-55)43-20-12-26-50-54(43)41-29-27-34(31-51(41)64-50)36-18-10-24-47-52(36)40-30-28-35(32-49(40)63-47)61-44-21-7-4-15-37(44)38-16-5-8-22-45(38)61/h1-32,39,46,56H,(H,58,59,60). The number of fused-ring (bicyclic) bond motifs is 12. The number of hydrogen-bond donors (Lipinski definition) is 1. The normalized spacial score (nSPS) is 17.8. The molecule has 302 valence electrons. The van der Waals surface area contributed by atoms with E-state index in [1.165, 1.54) is 47.5 Å². The maximum absolute atomic E-state index is 6.67. The van der Waals surface area contributed by atoms with Crippen LogP contribution in [0.3, 0.4) is 0 Å². The SMILES string of the molecule is C1=CC2Oc3cccc(C4N=C(c5ccccc5)N=C(c5cccc6sc7cc(-c8cccc9oc%10cc(-n%11c%12ccccc%12c%12ccccc%12%11)ccc%10c89)ccc7c56)N4)c3C2C=C1. The zero-order valence-electron chi connectivity index (χ0n) is 34.3. The number of nitrogens with zero attached hydrogens (tertiary/aromatic N) is 3. The van der Waals surface area contributed by atoms with E-state index in [4.69, 9.17) is 19.1 Å². The van der Waals surface area contributed by atoms with Crippen molar-refractivity contribution in [2.24, 2.45) is 9.98 Å². The van der Waals surface area contributed by atoms with Gasteiger partial charge in [0.2, 0.25) is 0 Å². The number of hydrogen-bond acceptors (Lipinski definition) is 6. The molecule has 0 amide bonds. The van der Waals surface area contributed by atoms with Crippen LogP contribution in [-0.2, 0) is 0 Å². The fourth-order valence-corrected chi connectivity index (χ4v) is 11.6. The molecule has 6 nitrogen and oxygen atoms in total. The van der Waals surface area contributed by atoms with Gasteiger partial charge in [-0.1, -0.05) is 133 Å². The molecular weight excluding hydrogens is 805 g/mol. The second kappa shape index (κ2) is 13.8. The lowest BCUT2D eigenvalue weighted by Gasteiger charge is -2.26. The van der Waals surface area contributed by atoms with Crippen molar-refractivity contribution in [3.8, 4) is 22.6 Å². The topological polar surface area (TPSA) is 64.0 Å². The molecule has 7 heteroatoms. The fourth-order valence-electron chi connectivity index (χ4n) is 10.4. The highest BCUT2D eigenvalue weighted by atomic mass is 32.1. The van der Waals surface area contributed by atoms with Gasteiger partial charge >= 0.3 is 0 Å². The number of rotatable bonds is 5. The molecule has 8 aromatic carbocycles. The quantitative estimate of drug-likeness (QED) is 0.188. The summed E-state index contributed by atoms with van der Waals surface area (Å²) in [6.45, 7) is 0. The van der Waals surface area contributed by atoms with E-state index in [1.54, 1.807) is 0 Å². The first-order valence-corrected chi connectivity index (χ1v) is 22.6. The van der Waals surface area contributed by atoms with Gasteiger partial charge in [-0.15, -0.1) is 11.3 Å². The van der Waals surface area contributed by atoms with Crippen LogP contribution in [0, 0.1) is 0 Å². The van der Waals surface area contributed by atoms with E-state index < -0.39 is 0 Å². The van der Waals surface area contributed by atoms with Gasteiger partial charge in [0.1, 0.15) is 35.0 Å². The molecule has 1 N–H and O–H groups in total. The van der Waals surface area contributed by atoms with Crippen molar-refractivity contribution in [3.05, 3.63) is 216 Å². The van der Waals surface area contributed by atoms with Crippen molar-refractivity contribution in [2.75, 3.05) is 0 Å². The Bertz CT molecular complexity index is 3830. The lowest BCUT2D eigenvalue weighted by atomic mass is 9.88. The number of furan rings is 1. The predicted octanol–water partition coefficient (Wildman–Crippen LogP) is 14.2. The van der Waals surface area contributed by atoms with Crippen LogP contribution in [0.15, 0.2) is 209 Å². The molecule has 5 heterocycles. The summed E-state index contributed by atoms with van der Waals surface area (Å²) in [6, 6.07) is 60.3. The largest absolute Gasteiger partial charge is 0.485 e. The molecule has 3 atom stereocenters. The lowest BCUT2D eigenvalue weighted by Crippen LogP contribution is -2.34. The highest BCUT2D eigenvalue weighted by Gasteiger charge is 2.37. The minimum Gasteiger partial charge on any atom is -0.485 e. The molecular formula is C57H36N4O2S. The van der Waals surface area contributed by atoms with Crippen molar-refractivity contribution < 1.29 is 9.15 Å². The third-order valence-corrected chi connectivity index (χ3v) is 14.3. The van der Waals surface area contributed by atoms with Gasteiger partial charge in [0.15, 0.2) is 5.84 Å². The van der Waals surface area contributed by atoms with Crippen LogP contribution in [-0.4, -0.2) is 22.3 Å². The summed E-state index contributed by atoms with van der Waals surface area (Å²) in [4.78, 5) is 10.6. The second-order valence-corrected chi connectivity index (χ2v) is 17.9. The summed E-state index contributed by atoms with van der Waals surface area (Å²) >= 11 is 1.82. The number of ether oxygens (including phenoxy) is 1. The second-order valence-electron chi connectivity index (χ2n) is 16.8. The van der Waals surface area contributed by atoms with Gasteiger partial charge in [0.25, 0.3) is 0 Å². The molecule has 1 aliphatic carbocycles. The molecule has 3 aliphatic rings. The summed E-state index contributed by atoms with van der Waals surface area (Å²) in [6.07, 6.45) is 8.19. The number of amidine groups is 2. The Kier molecular flexibility index (Phi) is 7.64. The Hall–Kier alpha value is -8.00. The number of aromatic nitrogens is 1. The van der Waals surface area contributed by atoms with Crippen LogP contribution >= 0.6 is 11.3 Å². The van der Waals surface area contributed by atoms with Crippen LogP contribution < -0.4 is 10.1 Å². The molecule has 3 aromatic heterocycles. The summed E-state index contributed by atoms with van der Waals surface area (Å²) in [5.74, 6) is 2.54. The highest BCUT2D eigenvalue weighted by molar-refractivity contribution is 7.26. The van der Waals surface area contributed by atoms with Crippen LogP contribution in [0.5, 0.6) is 5.75 Å². The van der Waals surface area contributed by atoms with Gasteiger partial charge in [-0.3, -0.25) is 0 Å². The maximum Gasteiger partial charge on any atom is 0.159 e. The minimum absolute atomic E-state index is 0.0179. The van der Waals surface area contributed by atoms with Crippen molar-refractivity contribution in [3.63, 3.8) is 0 Å². The molecule has 0 saturated carbocycles. The monoisotopic (exact) mass is 840 g/mol. The molecule has 64 heavy (non-hydrogen) atoms. The van der Waals surface area contributed by atoms with E-state index in [-0.39, 0.29) is 18.2 Å². The molecule has 0 saturated heterocycles. The van der Waals surface area contributed by atoms with Gasteiger partial charge in [-0.25, -0.2) is 9.98 Å². The van der Waals surface area contributed by atoms with E-state index in [0.29, 0.717) is 5.84 Å². The highest BCUT2D eigenvalue weighted by Crippen LogP contribution is 2.46. The first-order valence-electron chi connectivity index (χ1n) is 21.7. The molecule has 0 spiro atoms. The molecule has 14 rings (SSSR count). The Morgan fingerprint density at radius 3 is 2.20 bits per heavy atom. The molecule has 11 aromatic rings. The summed E-state index contributed by atoms with van der Waals surface area (Å²) in [7, 11) is 0. The first kappa shape index (κ1) is 35.6. The number of allylic oxidation sites excluding steroid dienone is 2. The minimum atomic E-state index is -0.366. The Morgan fingerprint density at radius 2 is 1.33 bits per heavy atom. The maximum atomic E-state index is 6.67. The number of para-hydroxylation sites is 2. The summed E-state index contributed by atoms with van der Waals surface area (Å²) in [5, 5.41) is 10.9. The van der Waals surface area contributed by atoms with Crippen molar-refractivity contribution in [2.45, 2.75) is 18.2 Å². The zero-order chi connectivity index (χ0) is 41.9. The predicted molar refractivity (Wildman–Crippen MR) is 264 cm³/mol. The van der Waals surface area contributed by atoms with Crippen molar-refractivity contribution in [1.29, 1.82) is 0 Å². The van der Waals surface area contributed by atoms with Gasteiger partial charge < -0.3 is 19.0 Å². The van der Waals surface area contributed by atoms with E-state index in [1.807, 2.05) is 29.5 Å². The Balaban J connectivity index is 0.876. The van der Waals surface area contributed by atoms with Crippen molar-refractivity contribution in [1.82, 2.24) is 9.88 Å². The van der Waals surface area contributed by atoms with Gasteiger partial charge in [-0.2, -0.15) is 0 Å². The molecule has 3 unspecified atom stereocenters. The molecule has 0 bridgehead atoms. The third kappa shape index (κ3) is 5.31. The summed E-state index contributed by atoms with van der Waals surface area (Å²) < 4.78 is 17.9. The number of aliphatic imine (C=N–C) groups is 2. The van der Waals surface area contributed by atoms with E-state index in [0.717, 1.165) is 67.0 Å². The summed E-state index contributed by atoms with van der Waals surface area (Å²) in [5.41, 5.74) is 11.8. The number of thiophene rings is 1. The average molecular weight is 841 g/mol. The average Bonchev–Trinajstić information content (AvgIpc) is 4.12. The van der Waals surface area contributed by atoms with Crippen LogP contribution in [0.1, 0.15) is 34.3 Å². The Morgan fingerprint density at radius 1 is 0.562 bits per heavy atom. The number of benzene rings is 8. The van der Waals surface area contributed by atoms with Crippen LogP contribution in [0.2, 0.25) is 0 Å². The van der Waals surface area contributed by atoms with Crippen LogP contribution in [0.25, 0.3) is 80.7 Å². The Labute approximate surface area is 371 Å². The van der Waals surface area contributed by atoms with E-state index in [2.05, 4.69) is 186 Å². The zero-order valence-corrected chi connectivity index (χ0v) is 35.1. The van der Waals surface area contributed by atoms with Crippen molar-refractivity contribution >= 4 is 86.9 Å². The van der Waals surface area contributed by atoms with E-state index in [9.17, 15) is 0 Å².